The molecule has 2 amide bonds. The van der Waals surface area contributed by atoms with Gasteiger partial charge in [-0.15, -0.1) is 0 Å². The van der Waals surface area contributed by atoms with Gasteiger partial charge in [0.25, 0.3) is 5.78 Å². The number of Topliss-reactive ketones (excluding diaryl/α,β-unsaturated/α-hetero) is 1. The first-order chi connectivity index (χ1) is 12.9. The minimum absolute atomic E-state index is 0.0173. The summed E-state index contributed by atoms with van der Waals surface area (Å²) >= 11 is 1.46. The zero-order chi connectivity index (χ0) is 20.0. The van der Waals surface area contributed by atoms with Crippen LogP contribution in [-0.2, 0) is 30.3 Å². The van der Waals surface area contributed by atoms with Crippen LogP contribution in [0, 0.1) is 10.9 Å². The third-order valence-corrected chi connectivity index (χ3v) is 5.44. The molecule has 0 spiro atoms. The molecule has 0 radical (unpaired) electrons. The third kappa shape index (κ3) is 4.04. The van der Waals surface area contributed by atoms with E-state index in [1.165, 1.54) is 11.3 Å². The fraction of sp³-hybridized carbons (Fsp3) is 0.500. The van der Waals surface area contributed by atoms with Crippen molar-refractivity contribution in [3.8, 4) is 0 Å². The highest BCUT2D eigenvalue weighted by Crippen LogP contribution is 2.36. The van der Waals surface area contributed by atoms with Gasteiger partial charge in [0.2, 0.25) is 11.8 Å². The Morgan fingerprint density at radius 3 is 2.67 bits per heavy atom. The summed E-state index contributed by atoms with van der Waals surface area (Å²) in [7, 11) is 0. The zero-order valence-electron chi connectivity index (χ0n) is 15.3. The number of hydrogen-bond donors (Lipinski definition) is 1. The van der Waals surface area contributed by atoms with Crippen molar-refractivity contribution in [2.24, 2.45) is 5.41 Å². The molecule has 0 saturated carbocycles. The van der Waals surface area contributed by atoms with E-state index >= 15 is 0 Å². The molecule has 1 aromatic rings. The van der Waals surface area contributed by atoms with Crippen LogP contribution in [0.2, 0.25) is 0 Å². The standard InChI is InChI=1S/C18H22N3O5S/c1-3-18(15(23)14(20-19)16(24)26-4-2)7-5-8-21(17(18)25)13(22)10-12-6-9-27-11-12/h6,9,11,19H,3-5,7-8,10H2,1-2H3/q+1. The molecule has 1 saturated heterocycles. The van der Waals surface area contributed by atoms with Crippen LogP contribution in [0.3, 0.4) is 0 Å². The van der Waals surface area contributed by atoms with Crippen LogP contribution < -0.4 is 0 Å². The summed E-state index contributed by atoms with van der Waals surface area (Å²) in [6.07, 6.45) is 0.808. The van der Waals surface area contributed by atoms with Gasteiger partial charge in [0.1, 0.15) is 5.41 Å². The van der Waals surface area contributed by atoms with Crippen LogP contribution in [0.5, 0.6) is 0 Å². The zero-order valence-corrected chi connectivity index (χ0v) is 16.1. The Balaban J connectivity index is 2.30. The van der Waals surface area contributed by atoms with E-state index in [1.807, 2.05) is 10.8 Å². The molecule has 1 aliphatic rings. The minimum Gasteiger partial charge on any atom is -0.457 e. The fourth-order valence-corrected chi connectivity index (χ4v) is 3.89. The number of esters is 1. The van der Waals surface area contributed by atoms with Crippen molar-refractivity contribution in [3.63, 3.8) is 0 Å². The molecular formula is C18H22N3O5S+. The largest absolute Gasteiger partial charge is 0.491 e. The van der Waals surface area contributed by atoms with E-state index in [4.69, 9.17) is 10.3 Å². The molecule has 1 fully saturated rings. The number of ether oxygens (including phenoxy) is 1. The molecule has 1 aliphatic heterocycles. The monoisotopic (exact) mass is 392 g/mol. The molecule has 9 heteroatoms. The highest BCUT2D eigenvalue weighted by atomic mass is 32.1. The highest BCUT2D eigenvalue weighted by molar-refractivity contribution is 7.08. The maximum atomic E-state index is 13.1. The van der Waals surface area contributed by atoms with Gasteiger partial charge in [0.05, 0.1) is 23.3 Å². The lowest BCUT2D eigenvalue weighted by atomic mass is 9.71. The van der Waals surface area contributed by atoms with Gasteiger partial charge in [-0.25, -0.2) is 4.79 Å². The molecule has 144 valence electrons. The minimum atomic E-state index is -1.57. The molecule has 2 rings (SSSR count). The number of likely N-dealkylation sites (tertiary alicyclic amines) is 1. The van der Waals surface area contributed by atoms with E-state index in [0.29, 0.717) is 6.42 Å². The van der Waals surface area contributed by atoms with Crippen LogP contribution in [-0.4, -0.2) is 52.1 Å². The Morgan fingerprint density at radius 1 is 1.37 bits per heavy atom. The number of piperidine rings is 1. The molecule has 1 aromatic heterocycles. The number of ketones is 1. The van der Waals surface area contributed by atoms with Gasteiger partial charge in [-0.3, -0.25) is 19.3 Å². The van der Waals surface area contributed by atoms with Crippen molar-refractivity contribution in [1.29, 1.82) is 5.53 Å². The van der Waals surface area contributed by atoms with Gasteiger partial charge in [-0.2, -0.15) is 11.3 Å². The van der Waals surface area contributed by atoms with E-state index in [-0.39, 0.29) is 38.3 Å². The lowest BCUT2D eigenvalue weighted by Crippen LogP contribution is -2.57. The van der Waals surface area contributed by atoms with Gasteiger partial charge in [0, 0.05) is 6.54 Å². The second kappa shape index (κ2) is 8.83. The van der Waals surface area contributed by atoms with E-state index in [0.717, 1.165) is 10.5 Å². The maximum absolute atomic E-state index is 13.1. The predicted molar refractivity (Wildman–Crippen MR) is 96.3 cm³/mol. The quantitative estimate of drug-likeness (QED) is 0.249. The predicted octanol–water partition coefficient (Wildman–Crippen LogP) is 1.65. The average Bonchev–Trinajstić information content (AvgIpc) is 3.15. The number of nitrogens with zero attached hydrogens (tertiary/aromatic N) is 2. The molecular weight excluding hydrogens is 370 g/mol. The number of nitrogens with one attached hydrogen (secondary N) is 1. The molecule has 1 unspecified atom stereocenters. The van der Waals surface area contributed by atoms with Crippen LogP contribution >= 0.6 is 11.3 Å². The first kappa shape index (κ1) is 20.7. The maximum Gasteiger partial charge on any atom is 0.491 e. The number of thiophene rings is 1. The summed E-state index contributed by atoms with van der Waals surface area (Å²) in [6, 6.07) is 1.81. The van der Waals surface area contributed by atoms with Crippen molar-refractivity contribution in [2.75, 3.05) is 13.2 Å². The molecule has 1 atom stereocenters. The van der Waals surface area contributed by atoms with Crippen LogP contribution in [0.15, 0.2) is 16.8 Å². The summed E-state index contributed by atoms with van der Waals surface area (Å²) in [5.41, 5.74) is 5.71. The van der Waals surface area contributed by atoms with Crippen molar-refractivity contribution < 1.29 is 28.7 Å². The lowest BCUT2D eigenvalue weighted by Gasteiger charge is -2.37. The summed E-state index contributed by atoms with van der Waals surface area (Å²) in [4.78, 5) is 54.8. The summed E-state index contributed by atoms with van der Waals surface area (Å²) in [5, 5.41) is 3.67. The molecule has 0 bridgehead atoms. The van der Waals surface area contributed by atoms with E-state index < -0.39 is 28.8 Å². The molecule has 1 N–H and O–H groups in total. The molecule has 27 heavy (non-hydrogen) atoms. The van der Waals surface area contributed by atoms with Gasteiger partial charge < -0.3 is 4.74 Å². The van der Waals surface area contributed by atoms with Crippen LogP contribution in [0.1, 0.15) is 38.7 Å². The van der Waals surface area contributed by atoms with Gasteiger partial charge in [-0.05, 0) is 48.6 Å². The number of hydrogen-bond acceptors (Lipinski definition) is 7. The fourth-order valence-electron chi connectivity index (χ4n) is 3.22. The summed E-state index contributed by atoms with van der Waals surface area (Å²) < 4.78 is 4.77. The first-order valence-corrected chi connectivity index (χ1v) is 9.67. The summed E-state index contributed by atoms with van der Waals surface area (Å²) in [6.45, 7) is 3.46. The van der Waals surface area contributed by atoms with Gasteiger partial charge in [-0.1, -0.05) is 6.92 Å². The van der Waals surface area contributed by atoms with E-state index in [1.54, 1.807) is 19.9 Å². The Kier molecular flexibility index (Phi) is 6.76. The van der Waals surface area contributed by atoms with Crippen LogP contribution in [0.4, 0.5) is 0 Å². The summed E-state index contributed by atoms with van der Waals surface area (Å²) in [5.74, 6) is -2.90. The number of carbonyl (C=O) groups is 4. The average molecular weight is 392 g/mol. The number of rotatable bonds is 7. The third-order valence-electron chi connectivity index (χ3n) is 4.71. The number of amides is 2. The molecule has 2 heterocycles. The SMILES string of the molecule is CCOC(=O)C(=[N+]=N)C(=O)C1(CC)CCCN(C(=O)Cc2ccsc2)C1=O. The second-order valence-corrected chi connectivity index (χ2v) is 6.99. The highest BCUT2D eigenvalue weighted by Gasteiger charge is 2.56. The van der Waals surface area contributed by atoms with Crippen molar-refractivity contribution >= 4 is 40.6 Å². The van der Waals surface area contributed by atoms with Crippen molar-refractivity contribution in [1.82, 2.24) is 4.90 Å². The van der Waals surface area contributed by atoms with Gasteiger partial charge >= 0.3 is 11.7 Å². The van der Waals surface area contributed by atoms with Gasteiger partial charge in [0.15, 0.2) is 0 Å². The van der Waals surface area contributed by atoms with Crippen molar-refractivity contribution in [3.05, 3.63) is 22.4 Å². The number of carbonyl (C=O) groups excluding carboxylic acids is 4. The Bertz CT molecular complexity index is 798. The first-order valence-electron chi connectivity index (χ1n) is 8.73. The normalized spacial score (nSPS) is 19.3. The van der Waals surface area contributed by atoms with Crippen LogP contribution in [0.25, 0.3) is 0 Å². The number of imide groups is 1. The van der Waals surface area contributed by atoms with Crippen molar-refractivity contribution in [2.45, 2.75) is 39.5 Å². The lowest BCUT2D eigenvalue weighted by molar-refractivity contribution is -0.165. The molecule has 8 nitrogen and oxygen atoms in total. The smallest absolute Gasteiger partial charge is 0.457 e. The molecule has 0 aromatic carbocycles. The van der Waals surface area contributed by atoms with E-state index in [2.05, 4.69) is 4.79 Å². The Morgan fingerprint density at radius 2 is 2.11 bits per heavy atom. The van der Waals surface area contributed by atoms with E-state index in [9.17, 15) is 19.2 Å². The topological polar surface area (TPSA) is 119 Å². The Hall–Kier alpha value is -2.64. The second-order valence-electron chi connectivity index (χ2n) is 6.21. The Labute approximate surface area is 160 Å². The molecule has 0 aliphatic carbocycles.